The van der Waals surface area contributed by atoms with Crippen LogP contribution in [0.4, 0.5) is 0 Å². The van der Waals surface area contributed by atoms with Gasteiger partial charge in [-0.25, -0.2) is 0 Å². The lowest BCUT2D eigenvalue weighted by atomic mass is 9.84. The second-order valence-corrected chi connectivity index (χ2v) is 5.98. The van der Waals surface area contributed by atoms with Crippen molar-refractivity contribution in [3.8, 4) is 0 Å². The Balaban J connectivity index is 2.19. The first-order chi connectivity index (χ1) is 9.89. The number of carboxylic acids is 1. The summed E-state index contributed by atoms with van der Waals surface area (Å²) in [6.45, 7) is 4.62. The van der Waals surface area contributed by atoms with Crippen molar-refractivity contribution in [2.75, 3.05) is 6.54 Å². The highest BCUT2D eigenvalue weighted by molar-refractivity contribution is 5.76. The molecular formula is C16H24N2O3. The lowest BCUT2D eigenvalue weighted by molar-refractivity contribution is -0.137. The van der Waals surface area contributed by atoms with Gasteiger partial charge in [0.25, 0.3) is 0 Å². The molecule has 0 fully saturated rings. The van der Waals surface area contributed by atoms with Crippen molar-refractivity contribution < 1.29 is 14.7 Å². The minimum Gasteiger partial charge on any atom is -0.481 e. The highest BCUT2D eigenvalue weighted by atomic mass is 16.4. The van der Waals surface area contributed by atoms with Crippen LogP contribution in [-0.2, 0) is 16.0 Å². The maximum atomic E-state index is 11.7. The summed E-state index contributed by atoms with van der Waals surface area (Å²) < 4.78 is 0. The third-order valence-corrected chi connectivity index (χ3v) is 3.47. The van der Waals surface area contributed by atoms with E-state index >= 15 is 0 Å². The highest BCUT2D eigenvalue weighted by Gasteiger charge is 2.19. The van der Waals surface area contributed by atoms with Gasteiger partial charge in [-0.2, -0.15) is 0 Å². The zero-order chi connectivity index (χ0) is 15.7. The first kappa shape index (κ1) is 17.1. The van der Waals surface area contributed by atoms with Crippen LogP contribution in [0.3, 0.4) is 0 Å². The summed E-state index contributed by atoms with van der Waals surface area (Å²) in [5.41, 5.74) is 0.835. The van der Waals surface area contributed by atoms with Crippen LogP contribution in [0.2, 0.25) is 0 Å². The minimum atomic E-state index is -0.775. The molecule has 5 heteroatoms. The van der Waals surface area contributed by atoms with Gasteiger partial charge in [0.05, 0.1) is 0 Å². The Morgan fingerprint density at radius 3 is 2.62 bits per heavy atom. The largest absolute Gasteiger partial charge is 0.481 e. The second kappa shape index (κ2) is 8.39. The molecule has 2 N–H and O–H groups in total. The van der Waals surface area contributed by atoms with Gasteiger partial charge in [-0.15, -0.1) is 0 Å². The van der Waals surface area contributed by atoms with Crippen molar-refractivity contribution >= 4 is 11.9 Å². The maximum Gasteiger partial charge on any atom is 0.303 e. The number of hydrogen-bond donors (Lipinski definition) is 2. The van der Waals surface area contributed by atoms with E-state index in [1.54, 1.807) is 6.20 Å². The van der Waals surface area contributed by atoms with E-state index in [2.05, 4.69) is 10.3 Å². The lowest BCUT2D eigenvalue weighted by Gasteiger charge is -2.23. The van der Waals surface area contributed by atoms with Gasteiger partial charge in [-0.05, 0) is 36.8 Å². The smallest absolute Gasteiger partial charge is 0.303 e. The van der Waals surface area contributed by atoms with E-state index in [1.807, 2.05) is 32.0 Å². The summed E-state index contributed by atoms with van der Waals surface area (Å²) in [6.07, 6.45) is 4.34. The Labute approximate surface area is 125 Å². The molecule has 1 aromatic heterocycles. The molecule has 5 nitrogen and oxygen atoms in total. The van der Waals surface area contributed by atoms with Crippen LogP contribution < -0.4 is 5.32 Å². The molecule has 0 aliphatic heterocycles. The van der Waals surface area contributed by atoms with Gasteiger partial charge in [0.1, 0.15) is 0 Å². The number of nitrogens with one attached hydrogen (secondary N) is 1. The number of aromatic nitrogens is 1. The van der Waals surface area contributed by atoms with Crippen molar-refractivity contribution in [2.45, 2.75) is 46.0 Å². The first-order valence-electron chi connectivity index (χ1n) is 7.27. The van der Waals surface area contributed by atoms with Gasteiger partial charge in [-0.3, -0.25) is 14.6 Å². The zero-order valence-electron chi connectivity index (χ0n) is 12.8. The molecule has 0 saturated carbocycles. The van der Waals surface area contributed by atoms with E-state index in [4.69, 9.17) is 5.11 Å². The molecule has 0 spiro atoms. The van der Waals surface area contributed by atoms with E-state index in [9.17, 15) is 9.59 Å². The zero-order valence-corrected chi connectivity index (χ0v) is 12.8. The summed E-state index contributed by atoms with van der Waals surface area (Å²) in [6, 6.07) is 5.66. The highest BCUT2D eigenvalue weighted by Crippen LogP contribution is 2.25. The van der Waals surface area contributed by atoms with Gasteiger partial charge < -0.3 is 10.4 Å². The summed E-state index contributed by atoms with van der Waals surface area (Å²) >= 11 is 0. The summed E-state index contributed by atoms with van der Waals surface area (Å²) in [5, 5.41) is 11.6. The molecule has 0 aliphatic carbocycles. The SMILES string of the molecule is CC(C)(CCNC(=O)CCc1ccccn1)CCC(=O)O. The molecule has 0 unspecified atom stereocenters. The number of carbonyl (C=O) groups excluding carboxylic acids is 1. The number of aliphatic carboxylic acids is 1. The predicted molar refractivity (Wildman–Crippen MR) is 80.8 cm³/mol. The van der Waals surface area contributed by atoms with Crippen LogP contribution in [-0.4, -0.2) is 28.5 Å². The fourth-order valence-corrected chi connectivity index (χ4v) is 1.99. The Hall–Kier alpha value is -1.91. The fraction of sp³-hybridized carbons (Fsp3) is 0.562. The maximum absolute atomic E-state index is 11.7. The topological polar surface area (TPSA) is 79.3 Å². The van der Waals surface area contributed by atoms with E-state index < -0.39 is 5.97 Å². The summed E-state index contributed by atoms with van der Waals surface area (Å²) in [5.74, 6) is -0.767. The summed E-state index contributed by atoms with van der Waals surface area (Å²) in [4.78, 5) is 26.5. The predicted octanol–water partition coefficient (Wildman–Crippen LogP) is 2.41. The van der Waals surface area contributed by atoms with Crippen molar-refractivity contribution in [2.24, 2.45) is 5.41 Å². The normalized spacial score (nSPS) is 11.1. The van der Waals surface area contributed by atoms with Gasteiger partial charge in [-0.1, -0.05) is 19.9 Å². The number of carbonyl (C=O) groups is 2. The monoisotopic (exact) mass is 292 g/mol. The average Bonchev–Trinajstić information content (AvgIpc) is 2.44. The van der Waals surface area contributed by atoms with E-state index in [0.29, 0.717) is 25.8 Å². The number of pyridine rings is 1. The number of hydrogen-bond acceptors (Lipinski definition) is 3. The van der Waals surface area contributed by atoms with Gasteiger partial charge >= 0.3 is 5.97 Å². The van der Waals surface area contributed by atoms with Crippen LogP contribution in [0, 0.1) is 5.41 Å². The molecule has 0 aliphatic rings. The first-order valence-corrected chi connectivity index (χ1v) is 7.27. The quantitative estimate of drug-likeness (QED) is 0.732. The second-order valence-electron chi connectivity index (χ2n) is 5.98. The number of carboxylic acid groups (broad SMARTS) is 1. The van der Waals surface area contributed by atoms with E-state index in [0.717, 1.165) is 12.1 Å². The number of aryl methyl sites for hydroxylation is 1. The van der Waals surface area contributed by atoms with Crippen molar-refractivity contribution in [3.63, 3.8) is 0 Å². The minimum absolute atomic E-state index is 0.00897. The molecule has 1 rings (SSSR count). The Morgan fingerprint density at radius 2 is 2.00 bits per heavy atom. The van der Waals surface area contributed by atoms with Crippen molar-refractivity contribution in [1.29, 1.82) is 0 Å². The third-order valence-electron chi connectivity index (χ3n) is 3.47. The molecule has 1 aromatic rings. The van der Waals surface area contributed by atoms with Crippen LogP contribution in [0.15, 0.2) is 24.4 Å². The van der Waals surface area contributed by atoms with Crippen molar-refractivity contribution in [3.05, 3.63) is 30.1 Å². The summed E-state index contributed by atoms with van der Waals surface area (Å²) in [7, 11) is 0. The number of nitrogens with zero attached hydrogens (tertiary/aromatic N) is 1. The molecule has 1 heterocycles. The number of rotatable bonds is 9. The molecule has 0 radical (unpaired) electrons. The molecule has 21 heavy (non-hydrogen) atoms. The van der Waals surface area contributed by atoms with Crippen LogP contribution in [0.1, 0.15) is 45.2 Å². The molecule has 0 saturated heterocycles. The van der Waals surface area contributed by atoms with Crippen LogP contribution >= 0.6 is 0 Å². The van der Waals surface area contributed by atoms with Crippen LogP contribution in [0.25, 0.3) is 0 Å². The molecule has 0 bridgehead atoms. The molecular weight excluding hydrogens is 268 g/mol. The van der Waals surface area contributed by atoms with Crippen LogP contribution in [0.5, 0.6) is 0 Å². The lowest BCUT2D eigenvalue weighted by Crippen LogP contribution is -2.28. The standard InChI is InChI=1S/C16H24N2O3/c1-16(2,9-8-15(20)21)10-12-18-14(19)7-6-13-5-3-4-11-17-13/h3-5,11H,6-10,12H2,1-2H3,(H,18,19)(H,20,21). The molecule has 116 valence electrons. The van der Waals surface area contributed by atoms with E-state index in [-0.39, 0.29) is 17.7 Å². The third kappa shape index (κ3) is 8.07. The van der Waals surface area contributed by atoms with Crippen molar-refractivity contribution in [1.82, 2.24) is 10.3 Å². The molecule has 1 amide bonds. The average molecular weight is 292 g/mol. The molecule has 0 atom stereocenters. The van der Waals surface area contributed by atoms with E-state index in [1.165, 1.54) is 0 Å². The molecule has 0 aromatic carbocycles. The van der Waals surface area contributed by atoms with Gasteiger partial charge in [0.15, 0.2) is 0 Å². The Morgan fingerprint density at radius 1 is 1.24 bits per heavy atom. The number of amides is 1. The van der Waals surface area contributed by atoms with Gasteiger partial charge in [0.2, 0.25) is 5.91 Å². The Kier molecular flexibility index (Phi) is 6.85. The fourth-order valence-electron chi connectivity index (χ4n) is 1.99. The Bertz CT molecular complexity index is 458. The van der Waals surface area contributed by atoms with Gasteiger partial charge in [0, 0.05) is 31.3 Å².